The Morgan fingerprint density at radius 3 is 2.21 bits per heavy atom. The summed E-state index contributed by atoms with van der Waals surface area (Å²) in [6.07, 6.45) is 1.90. The first-order valence-electron chi connectivity index (χ1n) is 12.7. The van der Waals surface area contributed by atoms with Crippen molar-refractivity contribution in [3.63, 3.8) is 0 Å². The summed E-state index contributed by atoms with van der Waals surface area (Å²) in [6, 6.07) is 26.8. The second-order valence-electron chi connectivity index (χ2n) is 10.2. The van der Waals surface area contributed by atoms with E-state index in [4.69, 9.17) is 9.73 Å². The van der Waals surface area contributed by atoms with Crippen LogP contribution < -0.4 is 14.9 Å². The van der Waals surface area contributed by atoms with Gasteiger partial charge in [0.25, 0.3) is 5.56 Å². The standard InChI is InChI=1S/C32H30N2O3S/c1-5-37-30(36)26-27(22-12-8-6-9-13-22)33-31-34(28(26)23-14-10-7-11-15-23)29(35)25(38-31)20-21-16-18-24(19-17-21)32(2,3)4/h6-20,28H,5H2,1-4H3/b25-20-/t28-/m1/s1. The molecular weight excluding hydrogens is 492 g/mol. The van der Waals surface area contributed by atoms with E-state index in [1.807, 2.05) is 78.9 Å². The molecule has 0 bridgehead atoms. The molecule has 4 aromatic rings. The maximum atomic E-state index is 13.9. The number of esters is 1. The van der Waals surface area contributed by atoms with Crippen LogP contribution in [0.5, 0.6) is 0 Å². The Labute approximate surface area is 226 Å². The van der Waals surface area contributed by atoms with Gasteiger partial charge < -0.3 is 4.74 Å². The van der Waals surface area contributed by atoms with Crippen LogP contribution >= 0.6 is 11.3 Å². The van der Waals surface area contributed by atoms with Gasteiger partial charge in [0.1, 0.15) is 0 Å². The van der Waals surface area contributed by atoms with Gasteiger partial charge in [-0.25, -0.2) is 9.79 Å². The average Bonchev–Trinajstić information content (AvgIpc) is 3.23. The molecule has 6 heteroatoms. The topological polar surface area (TPSA) is 60.7 Å². The Balaban J connectivity index is 1.76. The normalized spacial score (nSPS) is 15.7. The van der Waals surface area contributed by atoms with Crippen molar-refractivity contribution in [2.45, 2.75) is 39.2 Å². The van der Waals surface area contributed by atoms with Gasteiger partial charge in [-0.05, 0) is 35.1 Å². The smallest absolute Gasteiger partial charge is 0.338 e. The highest BCUT2D eigenvalue weighted by Gasteiger charge is 2.35. The number of carbonyl (C=O) groups excluding carboxylic acids is 1. The van der Waals surface area contributed by atoms with Gasteiger partial charge in [-0.2, -0.15) is 0 Å². The third-order valence-electron chi connectivity index (χ3n) is 6.56. The maximum absolute atomic E-state index is 13.9. The number of hydrogen-bond donors (Lipinski definition) is 0. The van der Waals surface area contributed by atoms with E-state index in [-0.39, 0.29) is 17.6 Å². The SMILES string of the molecule is CCOC(=O)C1=C(c2ccccc2)N=c2s/c(=C\c3ccc(C(C)(C)C)cc3)c(=O)n2[C@@H]1c1ccccc1. The molecule has 0 spiro atoms. The van der Waals surface area contributed by atoms with Gasteiger partial charge in [-0.3, -0.25) is 9.36 Å². The fourth-order valence-electron chi connectivity index (χ4n) is 4.62. The summed E-state index contributed by atoms with van der Waals surface area (Å²) in [4.78, 5) is 32.8. The van der Waals surface area contributed by atoms with E-state index in [0.29, 0.717) is 20.6 Å². The van der Waals surface area contributed by atoms with Gasteiger partial charge >= 0.3 is 5.97 Å². The zero-order valence-corrected chi connectivity index (χ0v) is 22.8. The first-order chi connectivity index (χ1) is 18.3. The molecule has 5 nitrogen and oxygen atoms in total. The fraction of sp³-hybridized carbons (Fsp3) is 0.219. The quantitative estimate of drug-likeness (QED) is 0.337. The molecule has 0 saturated carbocycles. The van der Waals surface area contributed by atoms with Crippen LogP contribution in [-0.4, -0.2) is 17.1 Å². The highest BCUT2D eigenvalue weighted by Crippen LogP contribution is 2.35. The number of aromatic nitrogens is 1. The monoisotopic (exact) mass is 522 g/mol. The second-order valence-corrected chi connectivity index (χ2v) is 11.2. The minimum absolute atomic E-state index is 0.0465. The van der Waals surface area contributed by atoms with Crippen LogP contribution in [0.25, 0.3) is 11.8 Å². The number of carbonyl (C=O) groups is 1. The molecule has 1 aromatic heterocycles. The van der Waals surface area contributed by atoms with Crippen LogP contribution in [0, 0.1) is 0 Å². The van der Waals surface area contributed by atoms with Crippen molar-refractivity contribution in [3.05, 3.63) is 132 Å². The Hall–Kier alpha value is -4.03. The van der Waals surface area contributed by atoms with Gasteiger partial charge in [0.05, 0.1) is 28.5 Å². The zero-order valence-electron chi connectivity index (χ0n) is 22.0. The summed E-state index contributed by atoms with van der Waals surface area (Å²) in [5, 5.41) is 0. The summed E-state index contributed by atoms with van der Waals surface area (Å²) >= 11 is 1.33. The molecular formula is C32H30N2O3S. The summed E-state index contributed by atoms with van der Waals surface area (Å²) in [5.74, 6) is -0.476. The molecule has 1 aliphatic rings. The highest BCUT2D eigenvalue weighted by molar-refractivity contribution is 7.07. The van der Waals surface area contributed by atoms with Gasteiger partial charge in [0, 0.05) is 5.56 Å². The lowest BCUT2D eigenvalue weighted by atomic mass is 9.87. The number of ether oxygens (including phenoxy) is 1. The van der Waals surface area contributed by atoms with Crippen LogP contribution in [0.15, 0.2) is 100 Å². The first-order valence-corrected chi connectivity index (χ1v) is 13.5. The third kappa shape index (κ3) is 4.92. The van der Waals surface area contributed by atoms with E-state index < -0.39 is 12.0 Å². The van der Waals surface area contributed by atoms with Crippen molar-refractivity contribution in [3.8, 4) is 0 Å². The van der Waals surface area contributed by atoms with Crippen molar-refractivity contribution in [1.82, 2.24) is 4.57 Å². The molecule has 0 N–H and O–H groups in total. The molecule has 2 heterocycles. The van der Waals surface area contributed by atoms with E-state index >= 15 is 0 Å². The number of hydrogen-bond acceptors (Lipinski definition) is 5. The zero-order chi connectivity index (χ0) is 26.9. The Bertz CT molecular complexity index is 1670. The van der Waals surface area contributed by atoms with Crippen molar-refractivity contribution in [2.24, 2.45) is 4.99 Å². The minimum atomic E-state index is -0.660. The lowest BCUT2D eigenvalue weighted by Crippen LogP contribution is -2.39. The van der Waals surface area contributed by atoms with E-state index in [1.54, 1.807) is 11.5 Å². The van der Waals surface area contributed by atoms with Crippen LogP contribution in [0.1, 0.15) is 56.0 Å². The average molecular weight is 523 g/mol. The lowest BCUT2D eigenvalue weighted by molar-refractivity contribution is -0.138. The second kappa shape index (κ2) is 10.4. The lowest BCUT2D eigenvalue weighted by Gasteiger charge is -2.25. The van der Waals surface area contributed by atoms with Gasteiger partial charge in [-0.1, -0.05) is 117 Å². The van der Waals surface area contributed by atoms with Crippen molar-refractivity contribution >= 4 is 29.1 Å². The van der Waals surface area contributed by atoms with E-state index in [0.717, 1.165) is 16.7 Å². The number of rotatable bonds is 5. The molecule has 38 heavy (non-hydrogen) atoms. The van der Waals surface area contributed by atoms with E-state index in [2.05, 4.69) is 32.9 Å². The molecule has 5 rings (SSSR count). The summed E-state index contributed by atoms with van der Waals surface area (Å²) in [5.41, 5.74) is 4.53. The van der Waals surface area contributed by atoms with Gasteiger partial charge in [-0.15, -0.1) is 0 Å². The molecule has 0 amide bonds. The largest absolute Gasteiger partial charge is 0.463 e. The molecule has 192 valence electrons. The minimum Gasteiger partial charge on any atom is -0.463 e. The number of fused-ring (bicyclic) bond motifs is 1. The molecule has 0 saturated heterocycles. The maximum Gasteiger partial charge on any atom is 0.338 e. The summed E-state index contributed by atoms with van der Waals surface area (Å²) in [7, 11) is 0. The number of benzene rings is 3. The molecule has 0 radical (unpaired) electrons. The van der Waals surface area contributed by atoms with Gasteiger partial charge in [0.15, 0.2) is 4.80 Å². The predicted molar refractivity (Wildman–Crippen MR) is 153 cm³/mol. The Morgan fingerprint density at radius 2 is 1.61 bits per heavy atom. The fourth-order valence-corrected chi connectivity index (χ4v) is 5.62. The molecule has 0 unspecified atom stereocenters. The molecule has 0 fully saturated rings. The van der Waals surface area contributed by atoms with Crippen molar-refractivity contribution in [1.29, 1.82) is 0 Å². The summed E-state index contributed by atoms with van der Waals surface area (Å²) < 4.78 is 7.70. The van der Waals surface area contributed by atoms with Crippen molar-refractivity contribution < 1.29 is 9.53 Å². The highest BCUT2D eigenvalue weighted by atomic mass is 32.1. The molecule has 3 aromatic carbocycles. The van der Waals surface area contributed by atoms with Crippen LogP contribution in [0.4, 0.5) is 0 Å². The predicted octanol–water partition coefficient (Wildman–Crippen LogP) is 5.23. The van der Waals surface area contributed by atoms with Crippen molar-refractivity contribution in [2.75, 3.05) is 6.61 Å². The van der Waals surface area contributed by atoms with Crippen LogP contribution in [0.3, 0.4) is 0 Å². The van der Waals surface area contributed by atoms with Gasteiger partial charge in [0.2, 0.25) is 0 Å². The Morgan fingerprint density at radius 1 is 0.974 bits per heavy atom. The first kappa shape index (κ1) is 25.6. The summed E-state index contributed by atoms with van der Waals surface area (Å²) in [6.45, 7) is 8.53. The molecule has 0 aliphatic carbocycles. The third-order valence-corrected chi connectivity index (χ3v) is 7.55. The van der Waals surface area contributed by atoms with E-state index in [1.165, 1.54) is 16.9 Å². The number of nitrogens with zero attached hydrogens (tertiary/aromatic N) is 2. The van der Waals surface area contributed by atoms with Crippen LogP contribution in [0.2, 0.25) is 0 Å². The number of thiazole rings is 1. The molecule has 1 atom stereocenters. The van der Waals surface area contributed by atoms with E-state index in [9.17, 15) is 9.59 Å². The Kier molecular flexibility index (Phi) is 7.00. The molecule has 1 aliphatic heterocycles. The van der Waals surface area contributed by atoms with Crippen LogP contribution in [-0.2, 0) is 14.9 Å².